The molecule has 3 heterocycles. The number of nitrogens with one attached hydrogen (secondary N) is 1. The molecule has 25 heavy (non-hydrogen) atoms. The second-order valence-electron chi connectivity index (χ2n) is 6.55. The third-order valence-electron chi connectivity index (χ3n) is 4.63. The zero-order valence-corrected chi connectivity index (χ0v) is 14.7. The Morgan fingerprint density at radius 1 is 1.24 bits per heavy atom. The molecule has 134 valence electrons. The summed E-state index contributed by atoms with van der Waals surface area (Å²) in [6, 6.07) is 4.76. The molecule has 0 radical (unpaired) electrons. The maximum Gasteiger partial charge on any atom is 0.255 e. The highest BCUT2D eigenvalue weighted by Crippen LogP contribution is 2.31. The van der Waals surface area contributed by atoms with Crippen LogP contribution in [0.15, 0.2) is 39.6 Å². The second-order valence-corrected chi connectivity index (χ2v) is 6.55. The van der Waals surface area contributed by atoms with Gasteiger partial charge in [-0.2, -0.15) is 0 Å². The molecule has 3 rings (SSSR count). The van der Waals surface area contributed by atoms with Crippen molar-refractivity contribution in [3.63, 3.8) is 0 Å². The maximum atomic E-state index is 13.0. The van der Waals surface area contributed by atoms with Crippen LogP contribution in [0.2, 0.25) is 0 Å². The highest BCUT2D eigenvalue weighted by atomic mass is 16.3. The SMILES string of the molecule is Cc1ccc([C@H]2CCCCCN2C(=O)[C@@H](C)NC(=O)c2ccoc2)o1. The largest absolute Gasteiger partial charge is 0.472 e. The van der Waals surface area contributed by atoms with Crippen LogP contribution in [0.5, 0.6) is 0 Å². The number of nitrogens with zero attached hydrogens (tertiary/aromatic N) is 1. The van der Waals surface area contributed by atoms with E-state index >= 15 is 0 Å². The normalized spacial score (nSPS) is 19.3. The van der Waals surface area contributed by atoms with Crippen LogP contribution in [0.3, 0.4) is 0 Å². The van der Waals surface area contributed by atoms with Crippen LogP contribution in [0.1, 0.15) is 60.5 Å². The molecule has 2 aromatic heterocycles. The van der Waals surface area contributed by atoms with Gasteiger partial charge >= 0.3 is 0 Å². The van der Waals surface area contributed by atoms with Gasteiger partial charge in [-0.3, -0.25) is 9.59 Å². The van der Waals surface area contributed by atoms with Crippen molar-refractivity contribution in [1.29, 1.82) is 0 Å². The lowest BCUT2D eigenvalue weighted by molar-refractivity contribution is -0.135. The lowest BCUT2D eigenvalue weighted by Crippen LogP contribution is -2.48. The maximum absolute atomic E-state index is 13.0. The van der Waals surface area contributed by atoms with E-state index in [4.69, 9.17) is 8.83 Å². The van der Waals surface area contributed by atoms with Crippen LogP contribution in [0.4, 0.5) is 0 Å². The van der Waals surface area contributed by atoms with E-state index in [1.54, 1.807) is 13.0 Å². The van der Waals surface area contributed by atoms with E-state index in [0.29, 0.717) is 12.1 Å². The predicted octanol–water partition coefficient (Wildman–Crippen LogP) is 3.44. The van der Waals surface area contributed by atoms with Crippen molar-refractivity contribution in [2.24, 2.45) is 0 Å². The molecule has 6 nitrogen and oxygen atoms in total. The number of aryl methyl sites for hydroxylation is 1. The Hall–Kier alpha value is -2.50. The number of carbonyl (C=O) groups excluding carboxylic acids is 2. The third kappa shape index (κ3) is 3.95. The van der Waals surface area contributed by atoms with Gasteiger partial charge in [-0.15, -0.1) is 0 Å². The molecule has 2 amide bonds. The smallest absolute Gasteiger partial charge is 0.255 e. The van der Waals surface area contributed by atoms with Crippen LogP contribution >= 0.6 is 0 Å². The molecule has 1 aliphatic heterocycles. The first-order valence-electron chi connectivity index (χ1n) is 8.76. The zero-order chi connectivity index (χ0) is 17.8. The molecule has 0 bridgehead atoms. The molecule has 1 N–H and O–H groups in total. The molecule has 0 spiro atoms. The van der Waals surface area contributed by atoms with E-state index in [-0.39, 0.29) is 17.9 Å². The Kier molecular flexibility index (Phi) is 5.26. The van der Waals surface area contributed by atoms with Gasteiger partial charge < -0.3 is 19.1 Å². The molecule has 6 heteroatoms. The van der Waals surface area contributed by atoms with Crippen LogP contribution in [-0.2, 0) is 4.79 Å². The van der Waals surface area contributed by atoms with Crippen molar-refractivity contribution in [2.45, 2.75) is 51.6 Å². The molecule has 1 fully saturated rings. The predicted molar refractivity (Wildman–Crippen MR) is 92.0 cm³/mol. The average Bonchev–Trinajstić information content (AvgIpc) is 3.21. The first-order chi connectivity index (χ1) is 12.1. The van der Waals surface area contributed by atoms with Gasteiger partial charge in [0.25, 0.3) is 5.91 Å². The monoisotopic (exact) mass is 344 g/mol. The first-order valence-corrected chi connectivity index (χ1v) is 8.76. The Balaban J connectivity index is 1.73. The molecule has 2 aromatic rings. The molecule has 0 aliphatic carbocycles. The summed E-state index contributed by atoms with van der Waals surface area (Å²) in [6.45, 7) is 4.30. The number of hydrogen-bond donors (Lipinski definition) is 1. The lowest BCUT2D eigenvalue weighted by Gasteiger charge is -2.31. The van der Waals surface area contributed by atoms with Crippen LogP contribution in [0, 0.1) is 6.92 Å². The van der Waals surface area contributed by atoms with E-state index in [9.17, 15) is 9.59 Å². The van der Waals surface area contributed by atoms with E-state index in [1.807, 2.05) is 24.0 Å². The van der Waals surface area contributed by atoms with Crippen molar-refractivity contribution < 1.29 is 18.4 Å². The minimum absolute atomic E-state index is 0.0722. The first kappa shape index (κ1) is 17.3. The Bertz CT molecular complexity index is 720. The van der Waals surface area contributed by atoms with E-state index in [2.05, 4.69) is 5.32 Å². The molecular formula is C19H24N2O4. The van der Waals surface area contributed by atoms with Gasteiger partial charge in [-0.1, -0.05) is 12.8 Å². The summed E-state index contributed by atoms with van der Waals surface area (Å²) >= 11 is 0. The van der Waals surface area contributed by atoms with Gasteiger partial charge in [0.05, 0.1) is 17.9 Å². The number of rotatable bonds is 4. The Labute approximate surface area is 147 Å². The van der Waals surface area contributed by atoms with Gasteiger partial charge in [-0.25, -0.2) is 0 Å². The van der Waals surface area contributed by atoms with Crippen molar-refractivity contribution >= 4 is 11.8 Å². The van der Waals surface area contributed by atoms with Crippen LogP contribution in [0.25, 0.3) is 0 Å². The van der Waals surface area contributed by atoms with Crippen LogP contribution in [-0.4, -0.2) is 29.3 Å². The summed E-state index contributed by atoms with van der Waals surface area (Å²) in [5.41, 5.74) is 0.411. The van der Waals surface area contributed by atoms with Crippen molar-refractivity contribution in [3.8, 4) is 0 Å². The highest BCUT2D eigenvalue weighted by molar-refractivity contribution is 5.97. The van der Waals surface area contributed by atoms with E-state index in [1.165, 1.54) is 12.5 Å². The average molecular weight is 344 g/mol. The lowest BCUT2D eigenvalue weighted by atomic mass is 10.1. The summed E-state index contributed by atoms with van der Waals surface area (Å²) in [5, 5.41) is 2.76. The standard InChI is InChI=1S/C19H24N2O4/c1-13-7-8-17(25-13)16-6-4-3-5-10-21(16)19(23)14(2)20-18(22)15-9-11-24-12-15/h7-9,11-12,14,16H,3-6,10H2,1-2H3,(H,20,22)/t14-,16-/m1/s1. The Morgan fingerprint density at radius 2 is 2.08 bits per heavy atom. The van der Waals surface area contributed by atoms with E-state index in [0.717, 1.165) is 37.2 Å². The molecule has 0 saturated carbocycles. The number of carbonyl (C=O) groups is 2. The summed E-state index contributed by atoms with van der Waals surface area (Å²) in [4.78, 5) is 27.0. The molecule has 1 saturated heterocycles. The third-order valence-corrected chi connectivity index (χ3v) is 4.63. The van der Waals surface area contributed by atoms with Gasteiger partial charge in [0.2, 0.25) is 5.91 Å². The second kappa shape index (κ2) is 7.59. The number of amides is 2. The van der Waals surface area contributed by atoms with Gasteiger partial charge in [-0.05, 0) is 44.9 Å². The highest BCUT2D eigenvalue weighted by Gasteiger charge is 2.32. The van der Waals surface area contributed by atoms with Crippen molar-refractivity contribution in [1.82, 2.24) is 10.2 Å². The zero-order valence-electron chi connectivity index (χ0n) is 14.7. The minimum atomic E-state index is -0.612. The van der Waals surface area contributed by atoms with Gasteiger partial charge in [0.15, 0.2) is 0 Å². The van der Waals surface area contributed by atoms with Crippen molar-refractivity contribution in [3.05, 3.63) is 47.8 Å². The summed E-state index contributed by atoms with van der Waals surface area (Å²) in [5.74, 6) is 1.27. The fourth-order valence-corrected chi connectivity index (χ4v) is 3.28. The fraction of sp³-hybridized carbons (Fsp3) is 0.474. The summed E-state index contributed by atoms with van der Waals surface area (Å²) in [7, 11) is 0. The summed E-state index contributed by atoms with van der Waals surface area (Å²) in [6.07, 6.45) is 6.80. The van der Waals surface area contributed by atoms with Crippen molar-refractivity contribution in [2.75, 3.05) is 6.54 Å². The topological polar surface area (TPSA) is 75.7 Å². The Morgan fingerprint density at radius 3 is 2.76 bits per heavy atom. The number of likely N-dealkylation sites (tertiary alicyclic amines) is 1. The molecule has 0 unspecified atom stereocenters. The number of furan rings is 2. The van der Waals surface area contributed by atoms with E-state index < -0.39 is 6.04 Å². The summed E-state index contributed by atoms with van der Waals surface area (Å²) < 4.78 is 10.7. The molecular weight excluding hydrogens is 320 g/mol. The van der Waals surface area contributed by atoms with Gasteiger partial charge in [0, 0.05) is 6.54 Å². The molecule has 1 aliphatic rings. The fourth-order valence-electron chi connectivity index (χ4n) is 3.28. The van der Waals surface area contributed by atoms with Crippen LogP contribution < -0.4 is 5.32 Å². The molecule has 0 aromatic carbocycles. The quantitative estimate of drug-likeness (QED) is 0.922. The number of hydrogen-bond acceptors (Lipinski definition) is 4. The van der Waals surface area contributed by atoms with Gasteiger partial charge in [0.1, 0.15) is 23.8 Å². The minimum Gasteiger partial charge on any atom is -0.472 e. The molecule has 2 atom stereocenters.